The second kappa shape index (κ2) is 3.66. The third kappa shape index (κ3) is 1.87. The summed E-state index contributed by atoms with van der Waals surface area (Å²) in [5.74, 6) is -0.626. The smallest absolute Gasteiger partial charge is 0.357 e. The van der Waals surface area contributed by atoms with Crippen molar-refractivity contribution in [2.75, 3.05) is 7.11 Å². The summed E-state index contributed by atoms with van der Waals surface area (Å²) in [5, 5.41) is 8.67. The van der Waals surface area contributed by atoms with Crippen LogP contribution in [0.4, 0.5) is 0 Å². The molecule has 0 saturated heterocycles. The number of hydrogen-bond acceptors (Lipinski definition) is 4. The zero-order chi connectivity index (χ0) is 10.9. The first kappa shape index (κ1) is 10.2. The number of oxazole rings is 1. The Morgan fingerprint density at radius 1 is 1.73 bits per heavy atom. The van der Waals surface area contributed by atoms with Crippen LogP contribution in [0.15, 0.2) is 10.7 Å². The Labute approximate surface area is 87.1 Å². The predicted octanol–water partition coefficient (Wildman–Crippen LogP) is 1.48. The van der Waals surface area contributed by atoms with Crippen molar-refractivity contribution in [3.05, 3.63) is 17.8 Å². The molecule has 0 unspecified atom stereocenters. The van der Waals surface area contributed by atoms with Crippen molar-refractivity contribution in [2.45, 2.75) is 31.3 Å². The summed E-state index contributed by atoms with van der Waals surface area (Å²) in [6.07, 6.45) is 4.82. The molecule has 1 N–H and O–H groups in total. The SMILES string of the molecule is COC1(Cc2nc(C(=O)O)co2)CCC1. The van der Waals surface area contributed by atoms with E-state index in [9.17, 15) is 4.79 Å². The van der Waals surface area contributed by atoms with Gasteiger partial charge in [-0.3, -0.25) is 0 Å². The number of nitrogens with zero attached hydrogens (tertiary/aromatic N) is 1. The van der Waals surface area contributed by atoms with Gasteiger partial charge >= 0.3 is 5.97 Å². The molecule has 1 aromatic heterocycles. The van der Waals surface area contributed by atoms with E-state index < -0.39 is 5.97 Å². The molecule has 1 saturated carbocycles. The van der Waals surface area contributed by atoms with E-state index in [2.05, 4.69) is 4.98 Å². The monoisotopic (exact) mass is 211 g/mol. The van der Waals surface area contributed by atoms with Crippen molar-refractivity contribution in [2.24, 2.45) is 0 Å². The molecule has 5 heteroatoms. The quantitative estimate of drug-likeness (QED) is 0.816. The van der Waals surface area contributed by atoms with E-state index in [0.717, 1.165) is 19.3 Å². The maximum Gasteiger partial charge on any atom is 0.357 e. The standard InChI is InChI=1S/C10H13NO4/c1-14-10(3-2-4-10)5-8-11-7(6-15-8)9(12)13/h6H,2-5H2,1H3,(H,12,13). The summed E-state index contributed by atoms with van der Waals surface area (Å²) in [6.45, 7) is 0. The molecule has 1 aromatic rings. The number of aromatic nitrogens is 1. The van der Waals surface area contributed by atoms with E-state index in [-0.39, 0.29) is 11.3 Å². The molecule has 1 heterocycles. The predicted molar refractivity (Wildman–Crippen MR) is 50.8 cm³/mol. The summed E-state index contributed by atoms with van der Waals surface area (Å²) in [5.41, 5.74) is -0.226. The number of rotatable bonds is 4. The number of carboxylic acid groups (broad SMARTS) is 1. The van der Waals surface area contributed by atoms with E-state index in [4.69, 9.17) is 14.3 Å². The number of hydrogen-bond donors (Lipinski definition) is 1. The fourth-order valence-corrected chi connectivity index (χ4v) is 1.79. The summed E-state index contributed by atoms with van der Waals surface area (Å²) in [6, 6.07) is 0. The molecule has 1 aliphatic carbocycles. The summed E-state index contributed by atoms with van der Waals surface area (Å²) in [7, 11) is 1.67. The minimum Gasteiger partial charge on any atom is -0.476 e. The van der Waals surface area contributed by atoms with Crippen LogP contribution in [-0.4, -0.2) is 28.8 Å². The zero-order valence-electron chi connectivity index (χ0n) is 8.52. The van der Waals surface area contributed by atoms with Gasteiger partial charge in [0.25, 0.3) is 0 Å². The maximum absolute atomic E-state index is 10.6. The molecule has 0 amide bonds. The van der Waals surface area contributed by atoms with Gasteiger partial charge in [-0.25, -0.2) is 9.78 Å². The molecular weight excluding hydrogens is 198 g/mol. The average molecular weight is 211 g/mol. The van der Waals surface area contributed by atoms with Gasteiger partial charge in [-0.15, -0.1) is 0 Å². The third-order valence-corrected chi connectivity index (χ3v) is 2.94. The van der Waals surface area contributed by atoms with Crippen LogP contribution in [0.5, 0.6) is 0 Å². The van der Waals surface area contributed by atoms with Gasteiger partial charge < -0.3 is 14.3 Å². The Kier molecular flexibility index (Phi) is 2.48. The first-order valence-electron chi connectivity index (χ1n) is 4.88. The Balaban J connectivity index is 2.07. The fourth-order valence-electron chi connectivity index (χ4n) is 1.79. The number of carboxylic acids is 1. The molecule has 0 aliphatic heterocycles. The van der Waals surface area contributed by atoms with Crippen LogP contribution in [-0.2, 0) is 11.2 Å². The molecule has 82 valence electrons. The number of ether oxygens (including phenoxy) is 1. The highest BCUT2D eigenvalue weighted by molar-refractivity contribution is 5.84. The molecule has 0 spiro atoms. The van der Waals surface area contributed by atoms with Crippen molar-refractivity contribution in [3.8, 4) is 0 Å². The average Bonchev–Trinajstić information content (AvgIpc) is 2.59. The van der Waals surface area contributed by atoms with Crippen LogP contribution in [0.1, 0.15) is 35.6 Å². The van der Waals surface area contributed by atoms with E-state index in [1.54, 1.807) is 7.11 Å². The fraction of sp³-hybridized carbons (Fsp3) is 0.600. The molecule has 15 heavy (non-hydrogen) atoms. The van der Waals surface area contributed by atoms with Crippen LogP contribution >= 0.6 is 0 Å². The Hall–Kier alpha value is -1.36. The number of aromatic carboxylic acids is 1. The Bertz CT molecular complexity index is 362. The van der Waals surface area contributed by atoms with Gasteiger partial charge in [0.15, 0.2) is 11.6 Å². The molecule has 0 aromatic carbocycles. The van der Waals surface area contributed by atoms with Crippen LogP contribution in [0.2, 0.25) is 0 Å². The van der Waals surface area contributed by atoms with Crippen molar-refractivity contribution >= 4 is 5.97 Å². The Morgan fingerprint density at radius 3 is 2.87 bits per heavy atom. The highest BCUT2D eigenvalue weighted by Crippen LogP contribution is 2.37. The molecule has 0 bridgehead atoms. The molecule has 5 nitrogen and oxygen atoms in total. The number of carbonyl (C=O) groups is 1. The summed E-state index contributed by atoms with van der Waals surface area (Å²) < 4.78 is 10.5. The van der Waals surface area contributed by atoms with Gasteiger partial charge in [0.1, 0.15) is 6.26 Å². The molecule has 2 rings (SSSR count). The molecule has 1 aliphatic rings. The second-order valence-corrected chi connectivity index (χ2v) is 3.85. The molecule has 0 atom stereocenters. The first-order chi connectivity index (χ1) is 7.15. The van der Waals surface area contributed by atoms with Gasteiger partial charge in [0, 0.05) is 7.11 Å². The van der Waals surface area contributed by atoms with Crippen LogP contribution < -0.4 is 0 Å². The summed E-state index contributed by atoms with van der Waals surface area (Å²) >= 11 is 0. The minimum atomic E-state index is -1.06. The lowest BCUT2D eigenvalue weighted by atomic mass is 9.77. The van der Waals surface area contributed by atoms with Gasteiger partial charge in [0.05, 0.1) is 12.0 Å². The third-order valence-electron chi connectivity index (χ3n) is 2.94. The molecule has 1 fully saturated rings. The lowest BCUT2D eigenvalue weighted by Gasteiger charge is -2.39. The van der Waals surface area contributed by atoms with Crippen molar-refractivity contribution in [1.29, 1.82) is 0 Å². The normalized spacial score (nSPS) is 18.5. The first-order valence-corrected chi connectivity index (χ1v) is 4.88. The maximum atomic E-state index is 10.6. The summed E-state index contributed by atoms with van der Waals surface area (Å²) in [4.78, 5) is 14.5. The highest BCUT2D eigenvalue weighted by atomic mass is 16.5. The van der Waals surface area contributed by atoms with Crippen molar-refractivity contribution in [1.82, 2.24) is 4.98 Å². The highest BCUT2D eigenvalue weighted by Gasteiger charge is 2.38. The lowest BCUT2D eigenvalue weighted by molar-refractivity contribution is -0.0745. The largest absolute Gasteiger partial charge is 0.476 e. The second-order valence-electron chi connectivity index (χ2n) is 3.85. The van der Waals surface area contributed by atoms with Gasteiger partial charge in [-0.2, -0.15) is 0 Å². The van der Waals surface area contributed by atoms with Gasteiger partial charge in [-0.1, -0.05) is 0 Å². The lowest BCUT2D eigenvalue weighted by Crippen LogP contribution is -2.41. The van der Waals surface area contributed by atoms with Gasteiger partial charge in [-0.05, 0) is 19.3 Å². The van der Waals surface area contributed by atoms with E-state index in [1.807, 2.05) is 0 Å². The minimum absolute atomic E-state index is 0.0458. The van der Waals surface area contributed by atoms with E-state index in [1.165, 1.54) is 6.26 Å². The molecular formula is C10H13NO4. The van der Waals surface area contributed by atoms with Crippen molar-refractivity contribution in [3.63, 3.8) is 0 Å². The zero-order valence-corrected chi connectivity index (χ0v) is 8.52. The molecule has 0 radical (unpaired) electrons. The van der Waals surface area contributed by atoms with Crippen LogP contribution in [0.3, 0.4) is 0 Å². The van der Waals surface area contributed by atoms with Crippen LogP contribution in [0.25, 0.3) is 0 Å². The van der Waals surface area contributed by atoms with Crippen molar-refractivity contribution < 1.29 is 19.1 Å². The van der Waals surface area contributed by atoms with Crippen LogP contribution in [0, 0.1) is 0 Å². The number of methoxy groups -OCH3 is 1. The topological polar surface area (TPSA) is 72.6 Å². The van der Waals surface area contributed by atoms with E-state index >= 15 is 0 Å². The van der Waals surface area contributed by atoms with E-state index in [0.29, 0.717) is 12.3 Å². The van der Waals surface area contributed by atoms with Gasteiger partial charge in [0.2, 0.25) is 0 Å². The Morgan fingerprint density at radius 2 is 2.47 bits per heavy atom.